The van der Waals surface area contributed by atoms with Gasteiger partial charge in [-0.15, -0.1) is 0 Å². The van der Waals surface area contributed by atoms with E-state index in [0.717, 1.165) is 12.8 Å². The average molecular weight is 298 g/mol. The molecule has 0 radical (unpaired) electrons. The van der Waals surface area contributed by atoms with E-state index in [9.17, 15) is 8.42 Å². The number of hydrogen-bond donors (Lipinski definition) is 1. The lowest BCUT2D eigenvalue weighted by Crippen LogP contribution is -2.41. The van der Waals surface area contributed by atoms with Gasteiger partial charge in [-0.05, 0) is 30.9 Å². The summed E-state index contributed by atoms with van der Waals surface area (Å²) in [4.78, 5) is 0. The first-order chi connectivity index (χ1) is 9.49. The van der Waals surface area contributed by atoms with Gasteiger partial charge >= 0.3 is 0 Å². The van der Waals surface area contributed by atoms with E-state index < -0.39 is 10.0 Å². The second-order valence-corrected chi connectivity index (χ2v) is 7.40. The summed E-state index contributed by atoms with van der Waals surface area (Å²) in [6.07, 6.45) is 2.04. The van der Waals surface area contributed by atoms with Crippen molar-refractivity contribution in [2.75, 3.05) is 31.2 Å². The van der Waals surface area contributed by atoms with Crippen LogP contribution in [0.15, 0.2) is 24.3 Å². The zero-order chi connectivity index (χ0) is 14.6. The number of nitrogens with two attached hydrogens (primary N) is 1. The number of nitrogens with zero attached hydrogens (tertiary/aromatic N) is 1. The van der Waals surface area contributed by atoms with Gasteiger partial charge in [0, 0.05) is 13.1 Å². The van der Waals surface area contributed by atoms with Gasteiger partial charge in [0.15, 0.2) is 0 Å². The number of benzene rings is 1. The molecule has 5 nitrogen and oxygen atoms in total. The van der Waals surface area contributed by atoms with Crippen molar-refractivity contribution >= 4 is 15.7 Å². The van der Waals surface area contributed by atoms with E-state index >= 15 is 0 Å². The second-order valence-electron chi connectivity index (χ2n) is 5.31. The summed E-state index contributed by atoms with van der Waals surface area (Å²) in [6, 6.07) is 7.10. The Balaban J connectivity index is 1.88. The molecule has 1 atom stereocenters. The zero-order valence-electron chi connectivity index (χ0n) is 11.8. The van der Waals surface area contributed by atoms with Crippen molar-refractivity contribution < 1.29 is 13.2 Å². The van der Waals surface area contributed by atoms with Gasteiger partial charge in [-0.25, -0.2) is 12.7 Å². The molecule has 0 saturated carbocycles. The van der Waals surface area contributed by atoms with E-state index in [1.165, 1.54) is 0 Å². The molecule has 1 aromatic rings. The molecule has 0 aromatic heterocycles. The number of piperidine rings is 1. The van der Waals surface area contributed by atoms with E-state index in [1.807, 2.05) is 12.1 Å². The van der Waals surface area contributed by atoms with Crippen molar-refractivity contribution in [2.24, 2.45) is 5.92 Å². The Morgan fingerprint density at radius 3 is 2.85 bits per heavy atom. The minimum atomic E-state index is -3.23. The van der Waals surface area contributed by atoms with Gasteiger partial charge in [0.1, 0.15) is 12.4 Å². The molecule has 1 aliphatic rings. The number of nitrogen functional groups attached to an aromatic ring is 1. The topological polar surface area (TPSA) is 72.6 Å². The maximum atomic E-state index is 12.2. The highest BCUT2D eigenvalue weighted by Gasteiger charge is 2.26. The minimum absolute atomic E-state index is 0.00590. The van der Waals surface area contributed by atoms with Crippen LogP contribution < -0.4 is 10.5 Å². The predicted octanol–water partition coefficient (Wildman–Crippen LogP) is 1.71. The summed E-state index contributed by atoms with van der Waals surface area (Å²) in [5.41, 5.74) is 6.27. The first-order valence-corrected chi connectivity index (χ1v) is 8.55. The smallest absolute Gasteiger partial charge is 0.217 e. The third-order valence-electron chi connectivity index (χ3n) is 3.53. The lowest BCUT2D eigenvalue weighted by Gasteiger charge is -2.30. The van der Waals surface area contributed by atoms with Crippen LogP contribution in [0.2, 0.25) is 0 Å². The lowest BCUT2D eigenvalue weighted by molar-refractivity contribution is 0.276. The number of ether oxygens (including phenoxy) is 1. The predicted molar refractivity (Wildman–Crippen MR) is 80.1 cm³/mol. The second kappa shape index (κ2) is 6.45. The fourth-order valence-corrected chi connectivity index (χ4v) is 3.84. The van der Waals surface area contributed by atoms with E-state index in [1.54, 1.807) is 16.4 Å². The standard InChI is InChI=1S/C14H22N2O3S/c1-12-5-4-8-16(11-12)20(17,18)10-9-19-14-7-3-2-6-13(14)15/h2-3,6-7,12H,4-5,8-11,15H2,1H3. The first-order valence-electron chi connectivity index (χ1n) is 6.94. The third-order valence-corrected chi connectivity index (χ3v) is 5.33. The van der Waals surface area contributed by atoms with Gasteiger partial charge in [0.05, 0.1) is 11.4 Å². The number of anilines is 1. The Morgan fingerprint density at radius 2 is 2.15 bits per heavy atom. The quantitative estimate of drug-likeness (QED) is 0.840. The van der Waals surface area contributed by atoms with Crippen LogP contribution in [0.3, 0.4) is 0 Å². The van der Waals surface area contributed by atoms with Crippen LogP contribution >= 0.6 is 0 Å². The molecule has 0 spiro atoms. The zero-order valence-corrected chi connectivity index (χ0v) is 12.6. The Kier molecular flexibility index (Phi) is 4.88. The molecule has 1 fully saturated rings. The average Bonchev–Trinajstić information content (AvgIpc) is 2.41. The molecule has 2 rings (SSSR count). The van der Waals surface area contributed by atoms with E-state index in [0.29, 0.717) is 30.4 Å². The number of para-hydroxylation sites is 2. The summed E-state index contributed by atoms with van der Waals surface area (Å²) in [5, 5.41) is 0. The molecular weight excluding hydrogens is 276 g/mol. The normalized spacial score (nSPS) is 20.8. The molecule has 1 heterocycles. The lowest BCUT2D eigenvalue weighted by atomic mass is 10.0. The molecule has 1 aliphatic heterocycles. The molecule has 2 N–H and O–H groups in total. The summed E-state index contributed by atoms with van der Waals surface area (Å²) < 4.78 is 31.5. The monoisotopic (exact) mass is 298 g/mol. The van der Waals surface area contributed by atoms with Crippen molar-refractivity contribution in [1.82, 2.24) is 4.31 Å². The summed E-state index contributed by atoms with van der Waals surface area (Å²) in [5.74, 6) is 0.965. The van der Waals surface area contributed by atoms with Crippen molar-refractivity contribution in [3.63, 3.8) is 0 Å². The molecule has 0 aliphatic carbocycles. The number of sulfonamides is 1. The molecular formula is C14H22N2O3S. The molecule has 1 saturated heterocycles. The molecule has 6 heteroatoms. The molecule has 1 unspecified atom stereocenters. The van der Waals surface area contributed by atoms with Gasteiger partial charge in [-0.3, -0.25) is 0 Å². The fraction of sp³-hybridized carbons (Fsp3) is 0.571. The van der Waals surface area contributed by atoms with E-state index in [-0.39, 0.29) is 12.4 Å². The summed E-state index contributed by atoms with van der Waals surface area (Å²) in [6.45, 7) is 3.46. The Labute approximate surface area is 120 Å². The van der Waals surface area contributed by atoms with Crippen LogP contribution in [0.1, 0.15) is 19.8 Å². The van der Waals surface area contributed by atoms with Crippen LogP contribution in [0.5, 0.6) is 5.75 Å². The number of hydrogen-bond acceptors (Lipinski definition) is 4. The van der Waals surface area contributed by atoms with Crippen LogP contribution in [0.25, 0.3) is 0 Å². The highest BCUT2D eigenvalue weighted by atomic mass is 32.2. The van der Waals surface area contributed by atoms with Crippen LogP contribution in [0.4, 0.5) is 5.69 Å². The van der Waals surface area contributed by atoms with E-state index in [4.69, 9.17) is 10.5 Å². The highest BCUT2D eigenvalue weighted by Crippen LogP contribution is 2.21. The molecule has 1 aromatic carbocycles. The van der Waals surface area contributed by atoms with Gasteiger partial charge in [-0.1, -0.05) is 19.1 Å². The molecule has 20 heavy (non-hydrogen) atoms. The summed E-state index contributed by atoms with van der Waals surface area (Å²) >= 11 is 0. The Bertz CT molecular complexity index is 545. The minimum Gasteiger partial charge on any atom is -0.490 e. The molecule has 112 valence electrons. The Hall–Kier alpha value is -1.27. The largest absolute Gasteiger partial charge is 0.490 e. The van der Waals surface area contributed by atoms with E-state index in [2.05, 4.69) is 6.92 Å². The van der Waals surface area contributed by atoms with Gasteiger partial charge in [0.2, 0.25) is 10.0 Å². The third kappa shape index (κ3) is 3.86. The van der Waals surface area contributed by atoms with Crippen molar-refractivity contribution in [1.29, 1.82) is 0 Å². The van der Waals surface area contributed by atoms with Crippen molar-refractivity contribution in [3.05, 3.63) is 24.3 Å². The van der Waals surface area contributed by atoms with Gasteiger partial charge in [0.25, 0.3) is 0 Å². The Morgan fingerprint density at radius 1 is 1.40 bits per heavy atom. The van der Waals surface area contributed by atoms with Gasteiger partial charge < -0.3 is 10.5 Å². The fourth-order valence-electron chi connectivity index (χ4n) is 2.40. The van der Waals surface area contributed by atoms with Crippen LogP contribution in [-0.2, 0) is 10.0 Å². The SMILES string of the molecule is CC1CCCN(S(=O)(=O)CCOc2ccccc2N)C1. The maximum absolute atomic E-state index is 12.2. The van der Waals surface area contributed by atoms with Crippen LogP contribution in [0, 0.1) is 5.92 Å². The maximum Gasteiger partial charge on any atom is 0.217 e. The first kappa shape index (κ1) is 15.1. The molecule has 0 bridgehead atoms. The summed E-state index contributed by atoms with van der Waals surface area (Å²) in [7, 11) is -3.23. The highest BCUT2D eigenvalue weighted by molar-refractivity contribution is 7.89. The number of rotatable bonds is 5. The van der Waals surface area contributed by atoms with Crippen molar-refractivity contribution in [2.45, 2.75) is 19.8 Å². The van der Waals surface area contributed by atoms with Crippen molar-refractivity contribution in [3.8, 4) is 5.75 Å². The van der Waals surface area contributed by atoms with Gasteiger partial charge in [-0.2, -0.15) is 0 Å². The van der Waals surface area contributed by atoms with Crippen LogP contribution in [-0.4, -0.2) is 38.2 Å². The molecule has 0 amide bonds.